The molecule has 0 fully saturated rings. The number of nitrogens with one attached hydrogen (secondary N) is 1. The van der Waals surface area contributed by atoms with Gasteiger partial charge in [0, 0.05) is 30.9 Å². The number of rotatable bonds is 13. The lowest BCUT2D eigenvalue weighted by atomic mass is 10.4. The molecule has 0 radical (unpaired) electrons. The summed E-state index contributed by atoms with van der Waals surface area (Å²) in [4.78, 5) is 21.6. The SMILES string of the molecule is [3H]C(=O)CCCSSCCOCCC(=O)NCCC. The van der Waals surface area contributed by atoms with Crippen molar-refractivity contribution >= 4 is 33.8 Å². The van der Waals surface area contributed by atoms with Crippen LogP contribution in [0, 0.1) is 0 Å². The fourth-order valence-electron chi connectivity index (χ4n) is 1.03. The molecule has 0 atom stereocenters. The number of carbonyl (C=O) groups is 2. The number of hydrogen-bond acceptors (Lipinski definition) is 5. The van der Waals surface area contributed by atoms with Crippen LogP contribution in [0.3, 0.4) is 0 Å². The smallest absolute Gasteiger partial charge is 0.222 e. The largest absolute Gasteiger partial charge is 0.380 e. The summed E-state index contributed by atoms with van der Waals surface area (Å²) in [5.41, 5.74) is 0. The Kier molecular flexibility index (Phi) is 13.1. The van der Waals surface area contributed by atoms with E-state index in [1.807, 2.05) is 6.92 Å². The van der Waals surface area contributed by atoms with Crippen LogP contribution in [-0.2, 0) is 14.3 Å². The minimum absolute atomic E-state index is 0.0453. The van der Waals surface area contributed by atoms with Crippen LogP contribution in [0.5, 0.6) is 0 Å². The standard InChI is InChI=1S/C12H23NO3S2/c1-2-6-13-12(15)5-8-16-9-11-18-17-10-4-3-7-14/h7H,2-6,8-11H2,1H3,(H,13,15)/i7T. The van der Waals surface area contributed by atoms with E-state index in [1.54, 1.807) is 21.6 Å². The summed E-state index contributed by atoms with van der Waals surface area (Å²) < 4.78 is 12.1. The van der Waals surface area contributed by atoms with Crippen molar-refractivity contribution in [1.82, 2.24) is 5.32 Å². The number of carbonyl (C=O) groups excluding carboxylic acids is 2. The van der Waals surface area contributed by atoms with Crippen LogP contribution in [-0.4, -0.2) is 43.4 Å². The molecule has 0 spiro atoms. The van der Waals surface area contributed by atoms with Crippen molar-refractivity contribution in [3.63, 3.8) is 0 Å². The van der Waals surface area contributed by atoms with Gasteiger partial charge in [0.15, 0.2) is 0 Å². The monoisotopic (exact) mass is 295 g/mol. The van der Waals surface area contributed by atoms with E-state index < -0.39 is 6.26 Å². The lowest BCUT2D eigenvalue weighted by molar-refractivity contribution is -0.122. The molecular formula is C12H23NO3S2. The molecule has 18 heavy (non-hydrogen) atoms. The lowest BCUT2D eigenvalue weighted by Crippen LogP contribution is -2.25. The van der Waals surface area contributed by atoms with Gasteiger partial charge in [0.25, 0.3) is 0 Å². The van der Waals surface area contributed by atoms with E-state index in [9.17, 15) is 9.59 Å². The highest BCUT2D eigenvalue weighted by Gasteiger charge is 1.99. The third-order valence-electron chi connectivity index (χ3n) is 1.95. The number of amides is 1. The molecule has 0 heterocycles. The first-order chi connectivity index (χ1) is 9.16. The maximum absolute atomic E-state index is 11.2. The first kappa shape index (κ1) is 15.9. The molecule has 4 nitrogen and oxygen atoms in total. The molecule has 0 saturated heterocycles. The van der Waals surface area contributed by atoms with Crippen LogP contribution in [0.25, 0.3) is 0 Å². The van der Waals surface area contributed by atoms with Crippen molar-refractivity contribution in [3.8, 4) is 0 Å². The predicted octanol–water partition coefficient (Wildman–Crippen LogP) is 2.28. The van der Waals surface area contributed by atoms with E-state index >= 15 is 0 Å². The molecule has 1 N–H and O–H groups in total. The third-order valence-corrected chi connectivity index (χ3v) is 4.40. The molecule has 0 aliphatic rings. The highest BCUT2D eigenvalue weighted by Crippen LogP contribution is 2.21. The fourth-order valence-corrected chi connectivity index (χ4v) is 2.98. The van der Waals surface area contributed by atoms with E-state index in [-0.39, 0.29) is 5.91 Å². The van der Waals surface area contributed by atoms with Gasteiger partial charge in [-0.1, -0.05) is 28.5 Å². The molecule has 0 aliphatic carbocycles. The van der Waals surface area contributed by atoms with Crippen molar-refractivity contribution in [2.75, 3.05) is 31.3 Å². The highest BCUT2D eigenvalue weighted by atomic mass is 33.1. The van der Waals surface area contributed by atoms with Crippen LogP contribution < -0.4 is 5.32 Å². The van der Waals surface area contributed by atoms with E-state index in [2.05, 4.69) is 5.32 Å². The molecule has 0 unspecified atom stereocenters. The van der Waals surface area contributed by atoms with Crippen LogP contribution >= 0.6 is 21.6 Å². The minimum atomic E-state index is -0.490. The Morgan fingerprint density at radius 3 is 2.89 bits per heavy atom. The molecule has 1 amide bonds. The summed E-state index contributed by atoms with van der Waals surface area (Å²) >= 11 is 0. The molecule has 0 aromatic carbocycles. The highest BCUT2D eigenvalue weighted by molar-refractivity contribution is 8.76. The van der Waals surface area contributed by atoms with Crippen molar-refractivity contribution in [1.29, 1.82) is 0 Å². The summed E-state index contributed by atoms with van der Waals surface area (Å²) in [5, 5.41) is 2.80. The van der Waals surface area contributed by atoms with Crippen LogP contribution in [0.2, 0.25) is 0 Å². The zero-order valence-electron chi connectivity index (χ0n) is 11.9. The first-order valence-corrected chi connectivity index (χ1v) is 8.74. The predicted molar refractivity (Wildman–Crippen MR) is 79.0 cm³/mol. The average molecular weight is 295 g/mol. The number of hydrogen-bond donors (Lipinski definition) is 1. The minimum Gasteiger partial charge on any atom is -0.380 e. The summed E-state index contributed by atoms with van der Waals surface area (Å²) in [5.74, 6) is 1.80. The van der Waals surface area contributed by atoms with Crippen LogP contribution in [0.4, 0.5) is 0 Å². The maximum atomic E-state index is 11.2. The first-order valence-electron chi connectivity index (χ1n) is 6.75. The Bertz CT molecular complexity index is 255. The molecule has 0 aromatic rings. The summed E-state index contributed by atoms with van der Waals surface area (Å²) in [7, 11) is 3.39. The zero-order valence-corrected chi connectivity index (χ0v) is 12.5. The molecule has 106 valence electrons. The zero-order chi connectivity index (χ0) is 14.3. The molecule has 0 aliphatic heterocycles. The van der Waals surface area contributed by atoms with Gasteiger partial charge in [0.2, 0.25) is 5.91 Å². The van der Waals surface area contributed by atoms with Gasteiger partial charge < -0.3 is 14.8 Å². The van der Waals surface area contributed by atoms with Gasteiger partial charge in [0.05, 0.1) is 13.2 Å². The maximum Gasteiger partial charge on any atom is 0.222 e. The second-order valence-electron chi connectivity index (χ2n) is 3.60. The Morgan fingerprint density at radius 2 is 2.17 bits per heavy atom. The molecule has 0 bridgehead atoms. The second-order valence-corrected chi connectivity index (χ2v) is 6.31. The van der Waals surface area contributed by atoms with Gasteiger partial charge in [-0.25, -0.2) is 0 Å². The molecule has 0 saturated carbocycles. The van der Waals surface area contributed by atoms with E-state index in [1.165, 1.54) is 0 Å². The summed E-state index contributed by atoms with van der Waals surface area (Å²) in [6.07, 6.45) is 1.99. The van der Waals surface area contributed by atoms with E-state index in [0.29, 0.717) is 26.1 Å². The number of aldehydes is 1. The van der Waals surface area contributed by atoms with Gasteiger partial charge in [-0.3, -0.25) is 4.79 Å². The Morgan fingerprint density at radius 1 is 1.39 bits per heavy atom. The second kappa shape index (κ2) is 14.9. The average Bonchev–Trinajstić information content (AvgIpc) is 2.38. The quantitative estimate of drug-likeness (QED) is 0.321. The van der Waals surface area contributed by atoms with Crippen molar-refractivity contribution < 1.29 is 15.7 Å². The van der Waals surface area contributed by atoms with Crippen LogP contribution in [0.1, 0.15) is 34.0 Å². The van der Waals surface area contributed by atoms with E-state index in [4.69, 9.17) is 6.11 Å². The van der Waals surface area contributed by atoms with Gasteiger partial charge in [-0.2, -0.15) is 0 Å². The normalized spacial score (nSPS) is 11.1. The summed E-state index contributed by atoms with van der Waals surface area (Å²) in [6.45, 7) is 3.85. The molecule has 6 heteroatoms. The van der Waals surface area contributed by atoms with Crippen LogP contribution in [0.15, 0.2) is 0 Å². The molecule has 0 rings (SSSR count). The van der Waals surface area contributed by atoms with Gasteiger partial charge >= 0.3 is 0 Å². The van der Waals surface area contributed by atoms with Crippen molar-refractivity contribution in [2.24, 2.45) is 0 Å². The third kappa shape index (κ3) is 13.9. The van der Waals surface area contributed by atoms with Gasteiger partial charge in [0.1, 0.15) is 7.63 Å². The van der Waals surface area contributed by atoms with E-state index in [0.717, 1.165) is 30.9 Å². The Hall–Kier alpha value is -0.200. The Balaban J connectivity index is 3.10. The van der Waals surface area contributed by atoms with Gasteiger partial charge in [-0.05, 0) is 12.8 Å². The Labute approximate surface area is 119 Å². The fraction of sp³-hybridized carbons (Fsp3) is 0.833. The number of ether oxygens (including phenoxy) is 1. The molecular weight excluding hydrogens is 270 g/mol. The lowest BCUT2D eigenvalue weighted by Gasteiger charge is -2.05. The summed E-state index contributed by atoms with van der Waals surface area (Å²) in [6, 6.07) is 0. The van der Waals surface area contributed by atoms with Crippen molar-refractivity contribution in [3.05, 3.63) is 0 Å². The van der Waals surface area contributed by atoms with Crippen molar-refractivity contribution in [2.45, 2.75) is 32.6 Å². The molecule has 0 aromatic heterocycles. The van der Waals surface area contributed by atoms with Gasteiger partial charge in [-0.15, -0.1) is 0 Å². The topological polar surface area (TPSA) is 55.4 Å².